The molecule has 20 heavy (non-hydrogen) atoms. The van der Waals surface area contributed by atoms with Crippen molar-refractivity contribution < 1.29 is 0 Å². The number of aromatic nitrogens is 3. The lowest BCUT2D eigenvalue weighted by atomic mass is 10.2. The summed E-state index contributed by atoms with van der Waals surface area (Å²) in [5.41, 5.74) is 2.23. The van der Waals surface area contributed by atoms with E-state index in [0.717, 1.165) is 23.2 Å². The zero-order valence-corrected chi connectivity index (χ0v) is 11.8. The third-order valence-corrected chi connectivity index (χ3v) is 3.50. The smallest absolute Gasteiger partial charge is 0.136 e. The molecule has 1 aliphatic carbocycles. The molecule has 2 aromatic rings. The second-order valence-corrected chi connectivity index (χ2v) is 5.14. The molecular formula is C15H19N5. The van der Waals surface area contributed by atoms with Gasteiger partial charge < -0.3 is 10.6 Å². The van der Waals surface area contributed by atoms with Gasteiger partial charge in [-0.2, -0.15) is 0 Å². The van der Waals surface area contributed by atoms with Gasteiger partial charge in [0.25, 0.3) is 0 Å². The summed E-state index contributed by atoms with van der Waals surface area (Å²) in [6.45, 7) is 2.75. The minimum Gasteiger partial charge on any atom is -0.373 e. The Labute approximate surface area is 118 Å². The molecule has 0 saturated heterocycles. The van der Waals surface area contributed by atoms with Crippen LogP contribution in [0.4, 0.5) is 11.6 Å². The standard InChI is InChI=1S/C15H19N5/c1-10-4-3-7-17-12(10)9-18-14-8-13(16-2)19-15(20-14)11-5-6-11/h3-4,7-8,11H,5-6,9H2,1-2H3,(H2,16,18,19,20). The van der Waals surface area contributed by atoms with E-state index in [9.17, 15) is 0 Å². The SMILES string of the molecule is CNc1cc(NCc2ncccc2C)nc(C2CC2)n1. The van der Waals surface area contributed by atoms with Gasteiger partial charge in [0, 0.05) is 25.2 Å². The fourth-order valence-corrected chi connectivity index (χ4v) is 2.09. The normalized spacial score (nSPS) is 14.1. The molecule has 1 fully saturated rings. The van der Waals surface area contributed by atoms with Gasteiger partial charge in [-0.05, 0) is 31.4 Å². The molecule has 2 aromatic heterocycles. The molecule has 2 heterocycles. The van der Waals surface area contributed by atoms with Crippen molar-refractivity contribution >= 4 is 11.6 Å². The van der Waals surface area contributed by atoms with Gasteiger partial charge >= 0.3 is 0 Å². The third-order valence-electron chi connectivity index (χ3n) is 3.50. The van der Waals surface area contributed by atoms with Crippen LogP contribution < -0.4 is 10.6 Å². The largest absolute Gasteiger partial charge is 0.373 e. The highest BCUT2D eigenvalue weighted by Crippen LogP contribution is 2.38. The van der Waals surface area contributed by atoms with Crippen molar-refractivity contribution in [1.29, 1.82) is 0 Å². The van der Waals surface area contributed by atoms with Crippen LogP contribution in [0.15, 0.2) is 24.4 Å². The average molecular weight is 269 g/mol. The Bertz CT molecular complexity index is 607. The fraction of sp³-hybridized carbons (Fsp3) is 0.400. The van der Waals surface area contributed by atoms with E-state index in [-0.39, 0.29) is 0 Å². The maximum absolute atomic E-state index is 4.60. The summed E-state index contributed by atoms with van der Waals surface area (Å²) in [4.78, 5) is 13.5. The molecule has 104 valence electrons. The monoisotopic (exact) mass is 269 g/mol. The molecule has 5 heteroatoms. The number of rotatable bonds is 5. The summed E-state index contributed by atoms with van der Waals surface area (Å²) >= 11 is 0. The Morgan fingerprint density at radius 3 is 2.75 bits per heavy atom. The van der Waals surface area contributed by atoms with E-state index in [4.69, 9.17) is 0 Å². The molecule has 0 spiro atoms. The number of hydrogen-bond acceptors (Lipinski definition) is 5. The Balaban J connectivity index is 1.76. The summed E-state index contributed by atoms with van der Waals surface area (Å²) in [5, 5.41) is 6.44. The third kappa shape index (κ3) is 2.87. The topological polar surface area (TPSA) is 62.7 Å². The van der Waals surface area contributed by atoms with E-state index >= 15 is 0 Å². The van der Waals surface area contributed by atoms with Gasteiger partial charge in [0.1, 0.15) is 17.5 Å². The Hall–Kier alpha value is -2.17. The minimum absolute atomic E-state index is 0.542. The number of hydrogen-bond donors (Lipinski definition) is 2. The lowest BCUT2D eigenvalue weighted by Gasteiger charge is -2.10. The maximum atomic E-state index is 4.60. The predicted molar refractivity (Wildman–Crippen MR) is 79.9 cm³/mol. The van der Waals surface area contributed by atoms with Crippen molar-refractivity contribution in [3.05, 3.63) is 41.5 Å². The first-order valence-corrected chi connectivity index (χ1v) is 6.97. The highest BCUT2D eigenvalue weighted by molar-refractivity contribution is 5.48. The van der Waals surface area contributed by atoms with Gasteiger partial charge in [-0.3, -0.25) is 4.98 Å². The van der Waals surface area contributed by atoms with Crippen LogP contribution in [-0.4, -0.2) is 22.0 Å². The van der Waals surface area contributed by atoms with Gasteiger partial charge in [-0.1, -0.05) is 6.07 Å². The van der Waals surface area contributed by atoms with Crippen LogP contribution in [-0.2, 0) is 6.54 Å². The molecule has 1 saturated carbocycles. The zero-order chi connectivity index (χ0) is 13.9. The number of anilines is 2. The highest BCUT2D eigenvalue weighted by Gasteiger charge is 2.27. The van der Waals surface area contributed by atoms with Crippen LogP contribution in [0.2, 0.25) is 0 Å². The van der Waals surface area contributed by atoms with E-state index in [2.05, 4.69) is 38.6 Å². The molecule has 1 aliphatic rings. The minimum atomic E-state index is 0.542. The molecule has 0 amide bonds. The second kappa shape index (κ2) is 5.45. The molecular weight excluding hydrogens is 250 g/mol. The maximum Gasteiger partial charge on any atom is 0.136 e. The molecule has 0 aromatic carbocycles. The molecule has 3 rings (SSSR count). The van der Waals surface area contributed by atoms with Crippen molar-refractivity contribution in [2.75, 3.05) is 17.7 Å². The molecule has 0 aliphatic heterocycles. The lowest BCUT2D eigenvalue weighted by Crippen LogP contribution is -2.08. The van der Waals surface area contributed by atoms with Crippen LogP contribution in [0.25, 0.3) is 0 Å². The number of pyridine rings is 1. The molecule has 0 radical (unpaired) electrons. The van der Waals surface area contributed by atoms with Crippen LogP contribution in [0.5, 0.6) is 0 Å². The van der Waals surface area contributed by atoms with Crippen molar-refractivity contribution in [2.24, 2.45) is 0 Å². The van der Waals surface area contributed by atoms with Gasteiger partial charge in [0.2, 0.25) is 0 Å². The molecule has 5 nitrogen and oxygen atoms in total. The summed E-state index contributed by atoms with van der Waals surface area (Å²) in [6, 6.07) is 5.95. The Morgan fingerprint density at radius 2 is 2.05 bits per heavy atom. The number of nitrogens with zero attached hydrogens (tertiary/aromatic N) is 3. The highest BCUT2D eigenvalue weighted by atomic mass is 15.1. The predicted octanol–water partition coefficient (Wildman–Crippen LogP) is 2.71. The van der Waals surface area contributed by atoms with Crippen LogP contribution in [0.3, 0.4) is 0 Å². The number of aryl methyl sites for hydroxylation is 1. The second-order valence-electron chi connectivity index (χ2n) is 5.14. The zero-order valence-electron chi connectivity index (χ0n) is 11.8. The van der Waals surface area contributed by atoms with Gasteiger partial charge in [0.05, 0.1) is 12.2 Å². The summed E-state index contributed by atoms with van der Waals surface area (Å²) in [5.74, 6) is 3.20. The Morgan fingerprint density at radius 1 is 1.25 bits per heavy atom. The van der Waals surface area contributed by atoms with E-state index in [1.165, 1.54) is 18.4 Å². The van der Waals surface area contributed by atoms with E-state index in [1.54, 1.807) is 0 Å². The van der Waals surface area contributed by atoms with Gasteiger partial charge in [-0.25, -0.2) is 9.97 Å². The van der Waals surface area contributed by atoms with Crippen molar-refractivity contribution in [3.8, 4) is 0 Å². The van der Waals surface area contributed by atoms with Crippen LogP contribution in [0.1, 0.15) is 35.8 Å². The lowest BCUT2D eigenvalue weighted by molar-refractivity contribution is 0.916. The van der Waals surface area contributed by atoms with E-state index in [1.807, 2.05) is 25.4 Å². The molecule has 0 unspecified atom stereocenters. The summed E-state index contributed by atoms with van der Waals surface area (Å²) < 4.78 is 0. The number of nitrogens with one attached hydrogen (secondary N) is 2. The summed E-state index contributed by atoms with van der Waals surface area (Å²) in [7, 11) is 1.88. The van der Waals surface area contributed by atoms with Crippen molar-refractivity contribution in [2.45, 2.75) is 32.2 Å². The van der Waals surface area contributed by atoms with Crippen molar-refractivity contribution in [1.82, 2.24) is 15.0 Å². The Kier molecular flexibility index (Phi) is 3.50. The molecule has 0 atom stereocenters. The fourth-order valence-electron chi connectivity index (χ4n) is 2.09. The van der Waals surface area contributed by atoms with Crippen LogP contribution in [0, 0.1) is 6.92 Å². The average Bonchev–Trinajstić information content (AvgIpc) is 3.31. The van der Waals surface area contributed by atoms with E-state index < -0.39 is 0 Å². The quantitative estimate of drug-likeness (QED) is 0.874. The summed E-state index contributed by atoms with van der Waals surface area (Å²) in [6.07, 6.45) is 4.22. The first kappa shape index (κ1) is 12.8. The van der Waals surface area contributed by atoms with Crippen molar-refractivity contribution in [3.63, 3.8) is 0 Å². The van der Waals surface area contributed by atoms with Gasteiger partial charge in [-0.15, -0.1) is 0 Å². The first-order valence-electron chi connectivity index (χ1n) is 6.97. The molecule has 0 bridgehead atoms. The van der Waals surface area contributed by atoms with E-state index in [0.29, 0.717) is 12.5 Å². The van der Waals surface area contributed by atoms with Gasteiger partial charge in [0.15, 0.2) is 0 Å². The first-order chi connectivity index (χ1) is 9.76. The van der Waals surface area contributed by atoms with Crippen LogP contribution >= 0.6 is 0 Å². The molecule has 2 N–H and O–H groups in total.